The molecule has 0 fully saturated rings. The molecule has 2 rings (SSSR count). The van der Waals surface area contributed by atoms with Crippen molar-refractivity contribution in [3.63, 3.8) is 0 Å². The van der Waals surface area contributed by atoms with Crippen molar-refractivity contribution in [3.8, 4) is 11.3 Å². The zero-order chi connectivity index (χ0) is 20.9. The van der Waals surface area contributed by atoms with Gasteiger partial charge in [0.25, 0.3) is 0 Å². The van der Waals surface area contributed by atoms with Crippen molar-refractivity contribution < 1.29 is 4.74 Å². The summed E-state index contributed by atoms with van der Waals surface area (Å²) in [5, 5.41) is 3.47. The summed E-state index contributed by atoms with van der Waals surface area (Å²) in [5.41, 5.74) is 8.50. The molecule has 0 aliphatic rings. The molecule has 0 aliphatic carbocycles. The van der Waals surface area contributed by atoms with E-state index in [-0.39, 0.29) is 0 Å². The lowest BCUT2D eigenvalue weighted by atomic mass is 10.1. The molecule has 0 bridgehead atoms. The zero-order valence-corrected chi connectivity index (χ0v) is 18.1. The van der Waals surface area contributed by atoms with Crippen LogP contribution in [0.1, 0.15) is 38.3 Å². The number of hydrogen-bond donors (Lipinski definition) is 2. The van der Waals surface area contributed by atoms with Crippen molar-refractivity contribution in [1.82, 2.24) is 19.9 Å². The maximum atomic E-state index is 5.69. The number of nitrogens with one attached hydrogen (secondary N) is 1. The Morgan fingerprint density at radius 3 is 2.69 bits per heavy atom. The molecule has 0 saturated carbocycles. The Morgan fingerprint density at radius 1 is 1.14 bits per heavy atom. The molecule has 0 saturated heterocycles. The van der Waals surface area contributed by atoms with Crippen molar-refractivity contribution in [2.24, 2.45) is 5.73 Å². The van der Waals surface area contributed by atoms with E-state index >= 15 is 0 Å². The van der Waals surface area contributed by atoms with E-state index in [1.807, 2.05) is 18.3 Å². The Morgan fingerprint density at radius 2 is 2.00 bits per heavy atom. The first kappa shape index (κ1) is 23.2. The van der Waals surface area contributed by atoms with Gasteiger partial charge >= 0.3 is 0 Å². The van der Waals surface area contributed by atoms with Crippen LogP contribution >= 0.6 is 0 Å². The van der Waals surface area contributed by atoms with Crippen molar-refractivity contribution in [2.75, 3.05) is 45.7 Å². The number of ether oxygens (including phenoxy) is 1. The number of aryl methyl sites for hydroxylation is 1. The minimum Gasteiger partial charge on any atom is -0.380 e. The third kappa shape index (κ3) is 8.85. The largest absolute Gasteiger partial charge is 0.380 e. The van der Waals surface area contributed by atoms with Crippen LogP contribution in [0.4, 0.5) is 5.95 Å². The maximum Gasteiger partial charge on any atom is 0.223 e. The molecular formula is C22H36N6O. The van der Waals surface area contributed by atoms with Crippen LogP contribution in [0.25, 0.3) is 11.3 Å². The van der Waals surface area contributed by atoms with Crippen LogP contribution in [0, 0.1) is 0 Å². The molecule has 0 radical (unpaired) electrons. The van der Waals surface area contributed by atoms with Gasteiger partial charge in [-0.1, -0.05) is 6.92 Å². The highest BCUT2D eigenvalue weighted by Crippen LogP contribution is 2.18. The standard InChI is InChI=1S/C22H36N6O/c1-4-19(8-6-15-29-16-14-28(2)3)26-22-24-13-11-21(27-22)18-9-10-20(25-17-18)7-5-12-23/h9-11,13,17,19H,4-8,12,14-16,23H2,1-3H3,(H,24,26,27). The van der Waals surface area contributed by atoms with Gasteiger partial charge in [-0.05, 0) is 70.9 Å². The van der Waals surface area contributed by atoms with Gasteiger partial charge < -0.3 is 20.7 Å². The van der Waals surface area contributed by atoms with E-state index in [0.717, 1.165) is 68.8 Å². The highest BCUT2D eigenvalue weighted by atomic mass is 16.5. The summed E-state index contributed by atoms with van der Waals surface area (Å²) < 4.78 is 5.69. The molecular weight excluding hydrogens is 364 g/mol. The summed E-state index contributed by atoms with van der Waals surface area (Å²) in [6, 6.07) is 6.36. The van der Waals surface area contributed by atoms with Gasteiger partial charge in [0.05, 0.1) is 12.3 Å². The summed E-state index contributed by atoms with van der Waals surface area (Å²) in [6.45, 7) is 5.39. The minimum atomic E-state index is 0.333. The molecule has 2 aromatic rings. The third-order valence-electron chi connectivity index (χ3n) is 4.76. The second kappa shape index (κ2) is 13.2. The Balaban J connectivity index is 1.85. The molecule has 160 valence electrons. The van der Waals surface area contributed by atoms with E-state index in [9.17, 15) is 0 Å². The SMILES string of the molecule is CCC(CCCOCCN(C)C)Nc1nccc(-c2ccc(CCCN)nc2)n1. The van der Waals surface area contributed by atoms with Crippen LogP contribution < -0.4 is 11.1 Å². The molecule has 29 heavy (non-hydrogen) atoms. The second-order valence-electron chi connectivity index (χ2n) is 7.50. The second-order valence-corrected chi connectivity index (χ2v) is 7.50. The predicted octanol–water partition coefficient (Wildman–Crippen LogP) is 2.98. The van der Waals surface area contributed by atoms with E-state index in [0.29, 0.717) is 18.5 Å². The van der Waals surface area contributed by atoms with Crippen LogP contribution in [0.2, 0.25) is 0 Å². The highest BCUT2D eigenvalue weighted by Gasteiger charge is 2.09. The van der Waals surface area contributed by atoms with Crippen LogP contribution in [-0.2, 0) is 11.2 Å². The van der Waals surface area contributed by atoms with Gasteiger partial charge in [0.15, 0.2) is 0 Å². The molecule has 0 aliphatic heterocycles. The first-order valence-electron chi connectivity index (χ1n) is 10.6. The topological polar surface area (TPSA) is 89.2 Å². The summed E-state index contributed by atoms with van der Waals surface area (Å²) in [4.78, 5) is 15.7. The fourth-order valence-corrected chi connectivity index (χ4v) is 2.94. The Kier molecular flexibility index (Phi) is 10.5. The lowest BCUT2D eigenvalue weighted by Crippen LogP contribution is -2.21. The van der Waals surface area contributed by atoms with Gasteiger partial charge in [0, 0.05) is 42.8 Å². The summed E-state index contributed by atoms with van der Waals surface area (Å²) in [5.74, 6) is 0.662. The number of rotatable bonds is 14. The van der Waals surface area contributed by atoms with Crippen LogP contribution in [0.5, 0.6) is 0 Å². The van der Waals surface area contributed by atoms with Gasteiger partial charge in [-0.25, -0.2) is 9.97 Å². The molecule has 2 aromatic heterocycles. The average Bonchev–Trinajstić information content (AvgIpc) is 2.74. The fourth-order valence-electron chi connectivity index (χ4n) is 2.94. The molecule has 7 nitrogen and oxygen atoms in total. The van der Waals surface area contributed by atoms with Gasteiger partial charge in [-0.2, -0.15) is 0 Å². The smallest absolute Gasteiger partial charge is 0.223 e. The van der Waals surface area contributed by atoms with E-state index in [4.69, 9.17) is 10.5 Å². The van der Waals surface area contributed by atoms with Crippen LogP contribution in [0.15, 0.2) is 30.6 Å². The predicted molar refractivity (Wildman–Crippen MR) is 119 cm³/mol. The monoisotopic (exact) mass is 400 g/mol. The first-order chi connectivity index (χ1) is 14.1. The van der Waals surface area contributed by atoms with Gasteiger partial charge in [0.2, 0.25) is 5.95 Å². The number of pyridine rings is 1. The van der Waals surface area contributed by atoms with Gasteiger partial charge in [0.1, 0.15) is 0 Å². The van der Waals surface area contributed by atoms with Crippen LogP contribution in [-0.4, -0.2) is 66.3 Å². The number of aromatic nitrogens is 3. The number of nitrogens with zero attached hydrogens (tertiary/aromatic N) is 4. The van der Waals surface area contributed by atoms with Gasteiger partial charge in [-0.15, -0.1) is 0 Å². The molecule has 0 amide bonds. The lowest BCUT2D eigenvalue weighted by molar-refractivity contribution is 0.113. The number of likely N-dealkylation sites (N-methyl/N-ethyl adjacent to an activating group) is 1. The van der Waals surface area contributed by atoms with Gasteiger partial charge in [-0.3, -0.25) is 4.98 Å². The molecule has 1 atom stereocenters. The molecule has 3 N–H and O–H groups in total. The molecule has 0 aromatic carbocycles. The Bertz CT molecular complexity index is 692. The Hall–Kier alpha value is -2.09. The fraction of sp³-hybridized carbons (Fsp3) is 0.591. The molecule has 7 heteroatoms. The van der Waals surface area contributed by atoms with E-state index in [1.165, 1.54) is 0 Å². The summed E-state index contributed by atoms with van der Waals surface area (Å²) in [6.07, 6.45) is 8.60. The first-order valence-corrected chi connectivity index (χ1v) is 10.6. The highest BCUT2D eigenvalue weighted by molar-refractivity contribution is 5.58. The summed E-state index contributed by atoms with van der Waals surface area (Å²) >= 11 is 0. The average molecular weight is 401 g/mol. The van der Waals surface area contributed by atoms with Crippen LogP contribution in [0.3, 0.4) is 0 Å². The lowest BCUT2D eigenvalue weighted by Gasteiger charge is -2.17. The minimum absolute atomic E-state index is 0.333. The molecule has 0 spiro atoms. The number of anilines is 1. The van der Waals surface area contributed by atoms with Crippen molar-refractivity contribution in [1.29, 1.82) is 0 Å². The van der Waals surface area contributed by atoms with E-state index < -0.39 is 0 Å². The normalized spacial score (nSPS) is 12.3. The quantitative estimate of drug-likeness (QED) is 0.471. The van der Waals surface area contributed by atoms with Crippen molar-refractivity contribution in [2.45, 2.75) is 45.1 Å². The molecule has 1 unspecified atom stereocenters. The van der Waals surface area contributed by atoms with E-state index in [1.54, 1.807) is 6.20 Å². The summed E-state index contributed by atoms with van der Waals surface area (Å²) in [7, 11) is 4.11. The van der Waals surface area contributed by atoms with Crippen molar-refractivity contribution >= 4 is 5.95 Å². The van der Waals surface area contributed by atoms with E-state index in [2.05, 4.69) is 52.3 Å². The zero-order valence-electron chi connectivity index (χ0n) is 18.1. The maximum absolute atomic E-state index is 5.69. The van der Waals surface area contributed by atoms with Crippen molar-refractivity contribution in [3.05, 3.63) is 36.3 Å². The number of nitrogens with two attached hydrogens (primary N) is 1. The number of hydrogen-bond acceptors (Lipinski definition) is 7. The molecule has 2 heterocycles. The third-order valence-corrected chi connectivity index (χ3v) is 4.76. The Labute approximate surface area is 175 Å².